The summed E-state index contributed by atoms with van der Waals surface area (Å²) in [6.07, 6.45) is 4.74. The Morgan fingerprint density at radius 1 is 0.951 bits per heavy atom. The smallest absolute Gasteiger partial charge is 0.329 e. The van der Waals surface area contributed by atoms with Crippen LogP contribution in [0.4, 0.5) is 0 Å². The summed E-state index contributed by atoms with van der Waals surface area (Å²) in [4.78, 5) is 58.1. The first-order valence-corrected chi connectivity index (χ1v) is 22.4. The van der Waals surface area contributed by atoms with Crippen molar-refractivity contribution in [3.8, 4) is 0 Å². The number of furan rings is 1. The Kier molecular flexibility index (Phi) is 17.5. The Bertz CT molecular complexity index is 1690. The van der Waals surface area contributed by atoms with Crippen molar-refractivity contribution in [3.63, 3.8) is 0 Å². The second-order valence-electron chi connectivity index (χ2n) is 18.3. The fourth-order valence-electron chi connectivity index (χ4n) is 9.90. The van der Waals surface area contributed by atoms with Crippen molar-refractivity contribution in [2.24, 2.45) is 29.6 Å². The molecular weight excluding hydrogens is 787 g/mol. The Labute approximate surface area is 361 Å². The van der Waals surface area contributed by atoms with Gasteiger partial charge in [-0.05, 0) is 108 Å². The number of carbonyl (C=O) groups is 4. The van der Waals surface area contributed by atoms with E-state index in [9.17, 15) is 34.5 Å². The molecule has 0 aromatic carbocycles. The molecule has 2 bridgehead atoms. The third-order valence-electron chi connectivity index (χ3n) is 13.6. The predicted octanol–water partition coefficient (Wildman–Crippen LogP) is 5.64. The SMILES string of the molecule is CC[C@@H]1/C=C(\C)C[C@H](C)C[C@H](OC)[C@H]2OC(O)(C(=O)C(=O)N3CCCC[C@H]3C(=O)O[C@H](/C(C)=C/[C@@H]3CC[C@@H](O)[C@H](OCc4ccco4)C3)[C@H](C)[C@@H](O)CC1=O)[C@@H](C)C[C@@H]2OC. The van der Waals surface area contributed by atoms with E-state index in [-0.39, 0.29) is 50.0 Å². The summed E-state index contributed by atoms with van der Waals surface area (Å²) in [6, 6.07) is 2.42. The maximum Gasteiger partial charge on any atom is 0.329 e. The molecule has 4 aliphatic rings. The third-order valence-corrected chi connectivity index (χ3v) is 13.6. The summed E-state index contributed by atoms with van der Waals surface area (Å²) in [5.41, 5.74) is 1.63. The van der Waals surface area contributed by atoms with Crippen molar-refractivity contribution in [3.05, 3.63) is 47.5 Å². The Balaban J connectivity index is 1.49. The number of esters is 1. The number of cyclic esters (lactones) is 1. The number of ether oxygens (including phenoxy) is 5. The van der Waals surface area contributed by atoms with Crippen LogP contribution in [-0.4, -0.2) is 119 Å². The highest BCUT2D eigenvalue weighted by atomic mass is 16.7. The molecule has 14 atom stereocenters. The van der Waals surface area contributed by atoms with Gasteiger partial charge in [0.2, 0.25) is 5.79 Å². The fourth-order valence-corrected chi connectivity index (χ4v) is 9.90. The van der Waals surface area contributed by atoms with Crippen LogP contribution in [0.5, 0.6) is 0 Å². The Morgan fingerprint density at radius 2 is 1.67 bits per heavy atom. The largest absolute Gasteiger partial charge is 0.467 e. The number of Topliss-reactive ketones (excluding diaryl/α,β-unsaturated/α-hetero) is 2. The number of rotatable bonds is 8. The molecule has 2 saturated heterocycles. The first-order chi connectivity index (χ1) is 29.0. The van der Waals surface area contributed by atoms with Crippen molar-refractivity contribution < 1.29 is 62.6 Å². The molecule has 3 fully saturated rings. The molecule has 14 nitrogen and oxygen atoms in total. The molecule has 14 heteroatoms. The molecule has 1 aromatic heterocycles. The first-order valence-electron chi connectivity index (χ1n) is 22.4. The van der Waals surface area contributed by atoms with Gasteiger partial charge < -0.3 is 48.3 Å². The minimum absolute atomic E-state index is 0.0254. The van der Waals surface area contributed by atoms with Gasteiger partial charge in [-0.3, -0.25) is 14.4 Å². The second kappa shape index (κ2) is 21.9. The number of allylic oxidation sites excluding steroid dienone is 3. The Morgan fingerprint density at radius 3 is 2.34 bits per heavy atom. The predicted molar refractivity (Wildman–Crippen MR) is 225 cm³/mol. The monoisotopic (exact) mass is 857 g/mol. The standard InChI is InChI=1S/C47H71NO13/c1-9-33-20-27(2)19-28(3)21-40(56-7)43-41(57-8)23-30(5)47(55,61-43)44(52)45(53)48-17-11-10-14-35(48)46(54)60-42(31(6)37(50)25-38(33)51)29(4)22-32-15-16-36(49)39(24-32)59-26-34-13-12-18-58-34/h12-13,18,20,22,28,30-33,35-37,39-43,49-50,55H,9-11,14-17,19,21,23-26H2,1-8H3/b27-20+,29-22+/t28-,30-,31+,32-,33+,35-,36+,37-,39+,40-,41-,42+,43+,47?/m0/s1. The van der Waals surface area contributed by atoms with Crippen molar-refractivity contribution in [2.45, 2.75) is 173 Å². The lowest BCUT2D eigenvalue weighted by atomic mass is 9.81. The van der Waals surface area contributed by atoms with E-state index in [4.69, 9.17) is 28.1 Å². The molecule has 1 amide bonds. The minimum atomic E-state index is -2.51. The number of nitrogens with zero attached hydrogens (tertiary/aromatic N) is 1. The van der Waals surface area contributed by atoms with E-state index in [0.717, 1.165) is 5.57 Å². The molecule has 0 spiro atoms. The van der Waals surface area contributed by atoms with Crippen LogP contribution in [-0.2, 0) is 49.5 Å². The molecule has 5 rings (SSSR count). The van der Waals surface area contributed by atoms with E-state index in [2.05, 4.69) is 0 Å². The second-order valence-corrected chi connectivity index (χ2v) is 18.3. The topological polar surface area (TPSA) is 191 Å². The van der Waals surface area contributed by atoms with E-state index in [0.29, 0.717) is 62.7 Å². The van der Waals surface area contributed by atoms with Crippen LogP contribution in [0.15, 0.2) is 46.1 Å². The summed E-state index contributed by atoms with van der Waals surface area (Å²) < 4.78 is 35.8. The lowest BCUT2D eigenvalue weighted by Gasteiger charge is -2.47. The van der Waals surface area contributed by atoms with Gasteiger partial charge in [-0.15, -0.1) is 0 Å². The normalized spacial score (nSPS) is 39.1. The summed E-state index contributed by atoms with van der Waals surface area (Å²) >= 11 is 0. The number of aliphatic hydroxyl groups excluding tert-OH is 2. The van der Waals surface area contributed by atoms with Gasteiger partial charge in [0.05, 0.1) is 36.8 Å². The average Bonchev–Trinajstić information content (AvgIpc) is 3.77. The lowest BCUT2D eigenvalue weighted by molar-refractivity contribution is -0.302. The molecule has 3 N–H and O–H groups in total. The minimum Gasteiger partial charge on any atom is -0.467 e. The number of aliphatic hydroxyl groups is 3. The maximum absolute atomic E-state index is 14.4. The van der Waals surface area contributed by atoms with Gasteiger partial charge in [0.25, 0.3) is 11.7 Å². The van der Waals surface area contributed by atoms with Crippen molar-refractivity contribution in [1.29, 1.82) is 0 Å². The molecule has 342 valence electrons. The third kappa shape index (κ3) is 11.9. The van der Waals surface area contributed by atoms with Gasteiger partial charge >= 0.3 is 5.97 Å². The van der Waals surface area contributed by atoms with Gasteiger partial charge in [0, 0.05) is 44.9 Å². The molecule has 1 aliphatic carbocycles. The zero-order chi connectivity index (χ0) is 44.6. The average molecular weight is 858 g/mol. The number of ketones is 2. The molecule has 4 heterocycles. The zero-order valence-corrected chi connectivity index (χ0v) is 37.5. The number of amides is 1. The van der Waals surface area contributed by atoms with Crippen LogP contribution in [0.2, 0.25) is 0 Å². The number of hydrogen-bond donors (Lipinski definition) is 3. The first kappa shape index (κ1) is 48.8. The Hall–Kier alpha value is -3.24. The molecule has 3 aliphatic heterocycles. The van der Waals surface area contributed by atoms with Crippen LogP contribution in [0.3, 0.4) is 0 Å². The molecule has 1 saturated carbocycles. The molecule has 1 aromatic rings. The van der Waals surface area contributed by atoms with Crippen LogP contribution in [0.25, 0.3) is 0 Å². The van der Waals surface area contributed by atoms with Crippen LogP contribution >= 0.6 is 0 Å². The van der Waals surface area contributed by atoms with Gasteiger partial charge in [-0.1, -0.05) is 45.4 Å². The summed E-state index contributed by atoms with van der Waals surface area (Å²) in [6.45, 7) is 11.4. The highest BCUT2D eigenvalue weighted by Crippen LogP contribution is 2.39. The van der Waals surface area contributed by atoms with E-state index in [1.165, 1.54) is 19.1 Å². The van der Waals surface area contributed by atoms with E-state index < -0.39 is 90.0 Å². The summed E-state index contributed by atoms with van der Waals surface area (Å²) in [7, 11) is 3.06. The van der Waals surface area contributed by atoms with Crippen LogP contribution < -0.4 is 0 Å². The number of piperidine rings is 1. The maximum atomic E-state index is 14.4. The fraction of sp³-hybridized carbons (Fsp3) is 0.745. The van der Waals surface area contributed by atoms with Gasteiger partial charge in [-0.25, -0.2) is 4.79 Å². The van der Waals surface area contributed by atoms with Gasteiger partial charge in [-0.2, -0.15) is 0 Å². The van der Waals surface area contributed by atoms with Crippen molar-refractivity contribution >= 4 is 23.4 Å². The quantitative estimate of drug-likeness (QED) is 0.166. The van der Waals surface area contributed by atoms with E-state index in [1.807, 2.05) is 39.8 Å². The number of carbonyl (C=O) groups excluding carboxylic acids is 4. The number of hydrogen-bond acceptors (Lipinski definition) is 13. The van der Waals surface area contributed by atoms with Crippen LogP contribution in [0, 0.1) is 29.6 Å². The highest BCUT2D eigenvalue weighted by Gasteiger charge is 2.56. The summed E-state index contributed by atoms with van der Waals surface area (Å²) in [5.74, 6) is -7.04. The van der Waals surface area contributed by atoms with E-state index in [1.54, 1.807) is 32.2 Å². The van der Waals surface area contributed by atoms with Crippen molar-refractivity contribution in [2.75, 3.05) is 20.8 Å². The number of fused-ring (bicyclic) bond motifs is 3. The number of methoxy groups -OCH3 is 2. The lowest BCUT2D eigenvalue weighted by Crippen LogP contribution is -2.64. The molecule has 61 heavy (non-hydrogen) atoms. The molecule has 0 radical (unpaired) electrons. The highest BCUT2D eigenvalue weighted by molar-refractivity contribution is 6.39. The summed E-state index contributed by atoms with van der Waals surface area (Å²) in [5, 5.41) is 34.6. The van der Waals surface area contributed by atoms with Gasteiger partial charge in [0.1, 0.15) is 36.4 Å². The van der Waals surface area contributed by atoms with Gasteiger partial charge in [0.15, 0.2) is 0 Å². The molecular formula is C47H71NO13. The molecule has 1 unspecified atom stereocenters. The van der Waals surface area contributed by atoms with Crippen molar-refractivity contribution in [1.82, 2.24) is 4.90 Å². The van der Waals surface area contributed by atoms with Crippen LogP contribution in [0.1, 0.15) is 118 Å². The van der Waals surface area contributed by atoms with E-state index >= 15 is 0 Å². The zero-order valence-electron chi connectivity index (χ0n) is 37.5.